The standard InChI is InChI=1S/C11H15FN2O/c1-8(7-13)6-11(15)14-10-4-2-9(12)3-5-10/h2-5,8H,6-7,13H2,1H3,(H,14,15). The van der Waals surface area contributed by atoms with E-state index in [9.17, 15) is 9.18 Å². The highest BCUT2D eigenvalue weighted by Crippen LogP contribution is 2.09. The summed E-state index contributed by atoms with van der Waals surface area (Å²) in [5.41, 5.74) is 6.01. The minimum Gasteiger partial charge on any atom is -0.330 e. The molecular formula is C11H15FN2O. The molecule has 0 saturated carbocycles. The predicted octanol–water partition coefficient (Wildman–Crippen LogP) is 1.75. The van der Waals surface area contributed by atoms with E-state index in [2.05, 4.69) is 5.32 Å². The van der Waals surface area contributed by atoms with Crippen molar-refractivity contribution in [3.8, 4) is 0 Å². The van der Waals surface area contributed by atoms with Crippen LogP contribution in [0.3, 0.4) is 0 Å². The number of halogens is 1. The Bertz CT molecular complexity index is 324. The number of rotatable bonds is 4. The normalized spacial score (nSPS) is 12.2. The summed E-state index contributed by atoms with van der Waals surface area (Å²) in [7, 11) is 0. The van der Waals surface area contributed by atoms with E-state index in [1.807, 2.05) is 6.92 Å². The molecule has 0 bridgehead atoms. The molecule has 1 atom stereocenters. The maximum Gasteiger partial charge on any atom is 0.224 e. The van der Waals surface area contributed by atoms with E-state index in [1.54, 1.807) is 0 Å². The molecule has 0 fully saturated rings. The Morgan fingerprint density at radius 3 is 2.60 bits per heavy atom. The SMILES string of the molecule is CC(CN)CC(=O)Nc1ccc(F)cc1. The summed E-state index contributed by atoms with van der Waals surface area (Å²) in [6.45, 7) is 2.39. The maximum absolute atomic E-state index is 12.6. The predicted molar refractivity (Wildman–Crippen MR) is 57.9 cm³/mol. The van der Waals surface area contributed by atoms with Gasteiger partial charge in [-0.2, -0.15) is 0 Å². The number of anilines is 1. The molecule has 1 rings (SSSR count). The Morgan fingerprint density at radius 2 is 2.07 bits per heavy atom. The number of nitrogens with two attached hydrogens (primary N) is 1. The largest absolute Gasteiger partial charge is 0.330 e. The van der Waals surface area contributed by atoms with Crippen molar-refractivity contribution in [2.75, 3.05) is 11.9 Å². The lowest BCUT2D eigenvalue weighted by Gasteiger charge is -2.08. The van der Waals surface area contributed by atoms with Gasteiger partial charge in [0.15, 0.2) is 0 Å². The second-order valence-electron chi connectivity index (χ2n) is 3.60. The first-order valence-electron chi connectivity index (χ1n) is 4.87. The van der Waals surface area contributed by atoms with Gasteiger partial charge in [-0.1, -0.05) is 6.92 Å². The quantitative estimate of drug-likeness (QED) is 0.795. The van der Waals surface area contributed by atoms with Crippen molar-refractivity contribution < 1.29 is 9.18 Å². The van der Waals surface area contributed by atoms with Crippen molar-refractivity contribution >= 4 is 11.6 Å². The Balaban J connectivity index is 2.48. The number of amides is 1. The molecule has 0 aromatic heterocycles. The summed E-state index contributed by atoms with van der Waals surface area (Å²) in [5, 5.41) is 2.67. The molecule has 0 spiro atoms. The topological polar surface area (TPSA) is 55.1 Å². The van der Waals surface area contributed by atoms with Gasteiger partial charge in [-0.25, -0.2) is 4.39 Å². The van der Waals surface area contributed by atoms with Crippen LogP contribution in [0, 0.1) is 11.7 Å². The summed E-state index contributed by atoms with van der Waals surface area (Å²) < 4.78 is 12.6. The molecule has 1 amide bonds. The first-order valence-corrected chi connectivity index (χ1v) is 4.87. The number of hydrogen-bond donors (Lipinski definition) is 2. The van der Waals surface area contributed by atoms with Crippen LogP contribution in [0.5, 0.6) is 0 Å². The smallest absolute Gasteiger partial charge is 0.224 e. The zero-order valence-corrected chi connectivity index (χ0v) is 8.66. The molecule has 15 heavy (non-hydrogen) atoms. The van der Waals surface area contributed by atoms with Gasteiger partial charge < -0.3 is 11.1 Å². The van der Waals surface area contributed by atoms with E-state index < -0.39 is 0 Å². The summed E-state index contributed by atoms with van der Waals surface area (Å²) in [6, 6.07) is 5.67. The average molecular weight is 210 g/mol. The molecule has 0 aliphatic rings. The summed E-state index contributed by atoms with van der Waals surface area (Å²) in [4.78, 5) is 11.4. The zero-order chi connectivity index (χ0) is 11.3. The molecule has 82 valence electrons. The highest BCUT2D eigenvalue weighted by atomic mass is 19.1. The van der Waals surface area contributed by atoms with Gasteiger partial charge in [0, 0.05) is 12.1 Å². The van der Waals surface area contributed by atoms with Gasteiger partial charge in [0.2, 0.25) is 5.91 Å². The fourth-order valence-electron chi connectivity index (χ4n) is 1.15. The molecule has 3 N–H and O–H groups in total. The molecule has 1 aromatic carbocycles. The molecule has 0 aliphatic carbocycles. The fourth-order valence-corrected chi connectivity index (χ4v) is 1.15. The number of benzene rings is 1. The van der Waals surface area contributed by atoms with Gasteiger partial charge >= 0.3 is 0 Å². The van der Waals surface area contributed by atoms with Crippen LogP contribution in [0.1, 0.15) is 13.3 Å². The van der Waals surface area contributed by atoms with Crippen LogP contribution in [0.25, 0.3) is 0 Å². The Hall–Kier alpha value is -1.42. The summed E-state index contributed by atoms with van der Waals surface area (Å²) in [6.07, 6.45) is 0.383. The van der Waals surface area contributed by atoms with Crippen LogP contribution >= 0.6 is 0 Å². The maximum atomic E-state index is 12.6. The van der Waals surface area contributed by atoms with Crippen LogP contribution in [-0.4, -0.2) is 12.5 Å². The molecular weight excluding hydrogens is 195 g/mol. The lowest BCUT2D eigenvalue weighted by atomic mass is 10.1. The van der Waals surface area contributed by atoms with Gasteiger partial charge in [-0.05, 0) is 36.7 Å². The molecule has 3 nitrogen and oxygen atoms in total. The second kappa shape index (κ2) is 5.46. The Morgan fingerprint density at radius 1 is 1.47 bits per heavy atom. The van der Waals surface area contributed by atoms with Gasteiger partial charge in [0.25, 0.3) is 0 Å². The van der Waals surface area contributed by atoms with Gasteiger partial charge in [0.05, 0.1) is 0 Å². The van der Waals surface area contributed by atoms with Crippen LogP contribution in [-0.2, 0) is 4.79 Å². The highest BCUT2D eigenvalue weighted by Gasteiger charge is 2.07. The lowest BCUT2D eigenvalue weighted by molar-refractivity contribution is -0.116. The minimum absolute atomic E-state index is 0.0976. The van der Waals surface area contributed by atoms with E-state index in [0.29, 0.717) is 18.7 Å². The van der Waals surface area contributed by atoms with Gasteiger partial charge in [0.1, 0.15) is 5.82 Å². The molecule has 0 heterocycles. The first-order chi connectivity index (χ1) is 7.11. The van der Waals surface area contributed by atoms with Crippen molar-refractivity contribution in [3.63, 3.8) is 0 Å². The Labute approximate surface area is 88.5 Å². The zero-order valence-electron chi connectivity index (χ0n) is 8.66. The van der Waals surface area contributed by atoms with Crippen molar-refractivity contribution in [2.24, 2.45) is 11.7 Å². The third kappa shape index (κ3) is 4.08. The van der Waals surface area contributed by atoms with Crippen LogP contribution < -0.4 is 11.1 Å². The molecule has 0 saturated heterocycles. The van der Waals surface area contributed by atoms with E-state index in [1.165, 1.54) is 24.3 Å². The first kappa shape index (κ1) is 11.7. The van der Waals surface area contributed by atoms with Crippen LogP contribution in [0.4, 0.5) is 10.1 Å². The fraction of sp³-hybridized carbons (Fsp3) is 0.364. The van der Waals surface area contributed by atoms with Crippen LogP contribution in [0.15, 0.2) is 24.3 Å². The molecule has 0 radical (unpaired) electrons. The third-order valence-electron chi connectivity index (χ3n) is 2.06. The number of carbonyl (C=O) groups excluding carboxylic acids is 1. The van der Waals surface area contributed by atoms with Crippen LogP contribution in [0.2, 0.25) is 0 Å². The van der Waals surface area contributed by atoms with E-state index in [-0.39, 0.29) is 17.6 Å². The molecule has 1 unspecified atom stereocenters. The van der Waals surface area contributed by atoms with Crippen molar-refractivity contribution in [1.29, 1.82) is 0 Å². The summed E-state index contributed by atoms with van der Waals surface area (Å²) >= 11 is 0. The molecule has 4 heteroatoms. The molecule has 1 aromatic rings. The summed E-state index contributed by atoms with van der Waals surface area (Å²) in [5.74, 6) is -0.256. The van der Waals surface area contributed by atoms with E-state index >= 15 is 0 Å². The van der Waals surface area contributed by atoms with Crippen molar-refractivity contribution in [3.05, 3.63) is 30.1 Å². The number of carbonyl (C=O) groups is 1. The van der Waals surface area contributed by atoms with Gasteiger partial charge in [-0.15, -0.1) is 0 Å². The minimum atomic E-state index is -0.316. The average Bonchev–Trinajstić information content (AvgIpc) is 2.21. The lowest BCUT2D eigenvalue weighted by Crippen LogP contribution is -2.20. The highest BCUT2D eigenvalue weighted by molar-refractivity contribution is 5.90. The Kier molecular flexibility index (Phi) is 4.24. The van der Waals surface area contributed by atoms with E-state index in [0.717, 1.165) is 0 Å². The number of nitrogens with one attached hydrogen (secondary N) is 1. The second-order valence-corrected chi connectivity index (χ2v) is 3.60. The van der Waals surface area contributed by atoms with E-state index in [4.69, 9.17) is 5.73 Å². The van der Waals surface area contributed by atoms with Gasteiger partial charge in [-0.3, -0.25) is 4.79 Å². The third-order valence-corrected chi connectivity index (χ3v) is 2.06. The number of hydrogen-bond acceptors (Lipinski definition) is 2. The monoisotopic (exact) mass is 210 g/mol. The molecule has 0 aliphatic heterocycles. The van der Waals surface area contributed by atoms with Crippen molar-refractivity contribution in [2.45, 2.75) is 13.3 Å². The van der Waals surface area contributed by atoms with Crippen molar-refractivity contribution in [1.82, 2.24) is 0 Å².